The lowest BCUT2D eigenvalue weighted by Crippen LogP contribution is -2.18. The van der Waals surface area contributed by atoms with E-state index in [4.69, 9.17) is 9.73 Å². The third-order valence-electron chi connectivity index (χ3n) is 4.88. The van der Waals surface area contributed by atoms with Gasteiger partial charge in [-0.3, -0.25) is 4.99 Å². The number of nitrogens with zero attached hydrogens (tertiary/aromatic N) is 2. The Labute approximate surface area is 158 Å². The molecule has 1 N–H and O–H groups in total. The molecule has 0 radical (unpaired) electrons. The molecule has 4 rings (SSSR count). The summed E-state index contributed by atoms with van der Waals surface area (Å²) in [6, 6.07) is 15.2. The van der Waals surface area contributed by atoms with Gasteiger partial charge in [-0.25, -0.2) is 4.98 Å². The van der Waals surface area contributed by atoms with Crippen molar-refractivity contribution in [3.63, 3.8) is 0 Å². The average molecular weight is 366 g/mol. The lowest BCUT2D eigenvalue weighted by atomic mass is 9.95. The van der Waals surface area contributed by atoms with Crippen LogP contribution in [0.25, 0.3) is 10.2 Å². The summed E-state index contributed by atoms with van der Waals surface area (Å²) in [4.78, 5) is 9.34. The van der Waals surface area contributed by atoms with Crippen LogP contribution < -0.4 is 10.1 Å². The highest BCUT2D eigenvalue weighted by Gasteiger charge is 2.26. The summed E-state index contributed by atoms with van der Waals surface area (Å²) >= 11 is 1.69. The number of aromatic nitrogens is 1. The summed E-state index contributed by atoms with van der Waals surface area (Å²) < 4.78 is 6.73. The molecule has 1 unspecified atom stereocenters. The second kappa shape index (κ2) is 7.56. The van der Waals surface area contributed by atoms with Gasteiger partial charge in [-0.15, -0.1) is 11.3 Å². The van der Waals surface area contributed by atoms with Crippen LogP contribution in [0.1, 0.15) is 28.6 Å². The fraction of sp³-hybridized carbons (Fsp3) is 0.333. The Morgan fingerprint density at radius 3 is 2.96 bits per heavy atom. The van der Waals surface area contributed by atoms with Gasteiger partial charge in [0.05, 0.1) is 28.9 Å². The van der Waals surface area contributed by atoms with Gasteiger partial charge in [-0.1, -0.05) is 30.3 Å². The maximum Gasteiger partial charge on any atom is 0.125 e. The molecule has 1 saturated heterocycles. The molecule has 0 aliphatic carbocycles. The Balaban J connectivity index is 1.52. The zero-order chi connectivity index (χ0) is 17.9. The predicted octanol–water partition coefficient (Wildman–Crippen LogP) is 4.53. The summed E-state index contributed by atoms with van der Waals surface area (Å²) in [6.45, 7) is 3.68. The van der Waals surface area contributed by atoms with Gasteiger partial charge in [0.2, 0.25) is 0 Å². The number of rotatable bonds is 5. The van der Waals surface area contributed by atoms with Crippen LogP contribution in [0, 0.1) is 12.8 Å². The van der Waals surface area contributed by atoms with Crippen molar-refractivity contribution in [2.45, 2.75) is 25.9 Å². The summed E-state index contributed by atoms with van der Waals surface area (Å²) in [5, 5.41) is 4.67. The highest BCUT2D eigenvalue weighted by Crippen LogP contribution is 2.31. The first kappa shape index (κ1) is 17.2. The Hall–Kier alpha value is -2.24. The van der Waals surface area contributed by atoms with Gasteiger partial charge in [-0.2, -0.15) is 0 Å². The number of fused-ring (bicyclic) bond motifs is 1. The number of nitrogens with one attached hydrogen (secondary N) is 1. The van der Waals surface area contributed by atoms with Crippen LogP contribution in [-0.4, -0.2) is 24.9 Å². The van der Waals surface area contributed by atoms with E-state index in [-0.39, 0.29) is 0 Å². The van der Waals surface area contributed by atoms with Crippen LogP contribution in [0.4, 0.5) is 0 Å². The number of methoxy groups -OCH3 is 1. The van der Waals surface area contributed by atoms with E-state index in [1.807, 2.05) is 6.92 Å². The van der Waals surface area contributed by atoms with Crippen molar-refractivity contribution in [1.82, 2.24) is 10.3 Å². The number of hydrogen-bond acceptors (Lipinski definition) is 5. The molecule has 0 bridgehead atoms. The van der Waals surface area contributed by atoms with Crippen LogP contribution >= 0.6 is 11.3 Å². The minimum Gasteiger partial charge on any atom is -0.496 e. The first-order chi connectivity index (χ1) is 12.7. The highest BCUT2D eigenvalue weighted by molar-refractivity contribution is 7.18. The largest absolute Gasteiger partial charge is 0.496 e. The van der Waals surface area contributed by atoms with E-state index < -0.39 is 0 Å². The molecule has 5 heteroatoms. The van der Waals surface area contributed by atoms with Crippen LogP contribution in [0.15, 0.2) is 47.5 Å². The number of aliphatic imine (C=N–C) groups is 1. The summed E-state index contributed by atoms with van der Waals surface area (Å²) in [7, 11) is 1.72. The summed E-state index contributed by atoms with van der Waals surface area (Å²) in [5.41, 5.74) is 3.45. The van der Waals surface area contributed by atoms with Crippen molar-refractivity contribution in [2.24, 2.45) is 10.9 Å². The molecule has 2 atom stereocenters. The number of benzene rings is 2. The SMILES string of the molecule is COc1cc2sc(C)nc2cc1CN=CC1CCN[C@H]1c1ccccc1. The van der Waals surface area contributed by atoms with Gasteiger partial charge in [0, 0.05) is 23.7 Å². The number of aryl methyl sites for hydroxylation is 1. The third-order valence-corrected chi connectivity index (χ3v) is 5.82. The number of thiazole rings is 1. The molecule has 2 heterocycles. The van der Waals surface area contributed by atoms with E-state index in [1.165, 1.54) is 5.56 Å². The van der Waals surface area contributed by atoms with Crippen molar-refractivity contribution >= 4 is 27.8 Å². The molecule has 2 aromatic carbocycles. The summed E-state index contributed by atoms with van der Waals surface area (Å²) in [6.07, 6.45) is 3.23. The van der Waals surface area contributed by atoms with Crippen LogP contribution in [0.2, 0.25) is 0 Å². The minimum atomic E-state index is 0.352. The second-order valence-electron chi connectivity index (χ2n) is 6.65. The lowest BCUT2D eigenvalue weighted by molar-refractivity contribution is 0.410. The normalized spacial score (nSPS) is 20.2. The van der Waals surface area contributed by atoms with E-state index >= 15 is 0 Å². The molecule has 1 aliphatic heterocycles. The van der Waals surface area contributed by atoms with Gasteiger partial charge in [0.25, 0.3) is 0 Å². The average Bonchev–Trinajstić information content (AvgIpc) is 3.27. The van der Waals surface area contributed by atoms with E-state index in [0.717, 1.165) is 39.5 Å². The maximum absolute atomic E-state index is 5.57. The molecule has 1 aromatic heterocycles. The Morgan fingerprint density at radius 1 is 1.31 bits per heavy atom. The molecule has 134 valence electrons. The van der Waals surface area contributed by atoms with Gasteiger partial charge < -0.3 is 10.1 Å². The molecule has 0 saturated carbocycles. The zero-order valence-electron chi connectivity index (χ0n) is 15.1. The fourth-order valence-electron chi connectivity index (χ4n) is 3.62. The Kier molecular flexibility index (Phi) is 5.00. The quantitative estimate of drug-likeness (QED) is 0.676. The van der Waals surface area contributed by atoms with Crippen molar-refractivity contribution < 1.29 is 4.74 Å². The van der Waals surface area contributed by atoms with Crippen LogP contribution in [-0.2, 0) is 6.54 Å². The molecular weight excluding hydrogens is 342 g/mol. The van der Waals surface area contributed by atoms with Crippen molar-refractivity contribution in [3.05, 3.63) is 58.6 Å². The molecule has 26 heavy (non-hydrogen) atoms. The van der Waals surface area contributed by atoms with Gasteiger partial charge in [0.1, 0.15) is 5.75 Å². The van der Waals surface area contributed by atoms with Crippen LogP contribution in [0.5, 0.6) is 5.75 Å². The highest BCUT2D eigenvalue weighted by atomic mass is 32.1. The predicted molar refractivity (Wildman–Crippen MR) is 108 cm³/mol. The van der Waals surface area contributed by atoms with E-state index in [1.54, 1.807) is 18.4 Å². The third kappa shape index (κ3) is 3.50. The summed E-state index contributed by atoms with van der Waals surface area (Å²) in [5.74, 6) is 1.32. The minimum absolute atomic E-state index is 0.352. The monoisotopic (exact) mass is 365 g/mol. The van der Waals surface area contributed by atoms with Crippen molar-refractivity contribution in [1.29, 1.82) is 0 Å². The second-order valence-corrected chi connectivity index (χ2v) is 7.88. The lowest BCUT2D eigenvalue weighted by Gasteiger charge is -2.16. The standard InChI is InChI=1S/C21H23N3OS/c1-14-24-18-10-17(19(25-2)11-20(18)26-14)13-22-12-16-8-9-23-21(16)15-6-4-3-5-7-15/h3-7,10-12,16,21,23H,8-9,13H2,1-2H3/t16?,21-/m0/s1. The molecule has 0 spiro atoms. The number of ether oxygens (including phenoxy) is 1. The van der Waals surface area contributed by atoms with Gasteiger partial charge in [0.15, 0.2) is 0 Å². The van der Waals surface area contributed by atoms with Gasteiger partial charge >= 0.3 is 0 Å². The Bertz CT molecular complexity index is 920. The first-order valence-electron chi connectivity index (χ1n) is 8.97. The van der Waals surface area contributed by atoms with Gasteiger partial charge in [-0.05, 0) is 37.6 Å². The zero-order valence-corrected chi connectivity index (χ0v) is 15.9. The molecule has 1 fully saturated rings. The fourth-order valence-corrected chi connectivity index (χ4v) is 4.46. The molecule has 3 aromatic rings. The molecule has 4 nitrogen and oxygen atoms in total. The number of hydrogen-bond donors (Lipinski definition) is 1. The Morgan fingerprint density at radius 2 is 2.15 bits per heavy atom. The maximum atomic E-state index is 5.57. The van der Waals surface area contributed by atoms with E-state index in [9.17, 15) is 0 Å². The molecule has 0 amide bonds. The smallest absolute Gasteiger partial charge is 0.125 e. The topological polar surface area (TPSA) is 46.5 Å². The van der Waals surface area contributed by atoms with Crippen molar-refractivity contribution in [2.75, 3.05) is 13.7 Å². The molecule has 1 aliphatic rings. The first-order valence-corrected chi connectivity index (χ1v) is 9.78. The van der Waals surface area contributed by atoms with E-state index in [0.29, 0.717) is 18.5 Å². The van der Waals surface area contributed by atoms with E-state index in [2.05, 4.69) is 59.0 Å². The van der Waals surface area contributed by atoms with Crippen LogP contribution in [0.3, 0.4) is 0 Å². The van der Waals surface area contributed by atoms with Crippen molar-refractivity contribution in [3.8, 4) is 5.75 Å². The molecular formula is C21H23N3OS.